The second-order valence-corrected chi connectivity index (χ2v) is 8.42. The Balaban J connectivity index is 1.58. The summed E-state index contributed by atoms with van der Waals surface area (Å²) in [6.07, 6.45) is 1.43. The molecule has 1 aromatic rings. The number of hydrogen-bond donors (Lipinski definition) is 0. The Hall–Kier alpha value is -2.39. The fourth-order valence-electron chi connectivity index (χ4n) is 3.04. The Morgan fingerprint density at radius 1 is 1.14 bits per heavy atom. The Morgan fingerprint density at radius 3 is 2.38 bits per heavy atom. The second kappa shape index (κ2) is 9.41. The van der Waals surface area contributed by atoms with E-state index in [9.17, 15) is 14.4 Å². The van der Waals surface area contributed by atoms with Crippen LogP contribution in [0.4, 0.5) is 4.79 Å². The number of thiocarbonyl (C=S) groups is 1. The normalized spacial score (nSPS) is 18.6. The highest BCUT2D eigenvalue weighted by molar-refractivity contribution is 8.26. The predicted molar refractivity (Wildman–Crippen MR) is 116 cm³/mol. The van der Waals surface area contributed by atoms with E-state index < -0.39 is 0 Å². The van der Waals surface area contributed by atoms with Crippen LogP contribution in [0, 0.1) is 6.92 Å². The van der Waals surface area contributed by atoms with Gasteiger partial charge in [0.15, 0.2) is 0 Å². The van der Waals surface area contributed by atoms with Gasteiger partial charge in [-0.15, -0.1) is 0 Å². The Morgan fingerprint density at radius 2 is 1.76 bits per heavy atom. The number of piperazine rings is 1. The summed E-state index contributed by atoms with van der Waals surface area (Å²) in [5.74, 6) is -0.430. The molecule has 0 aliphatic carbocycles. The number of carbonyl (C=O) groups is 3. The van der Waals surface area contributed by atoms with Crippen molar-refractivity contribution in [2.45, 2.75) is 13.8 Å². The molecule has 3 rings (SSSR count). The van der Waals surface area contributed by atoms with Crippen molar-refractivity contribution in [3.63, 3.8) is 0 Å². The van der Waals surface area contributed by atoms with Crippen molar-refractivity contribution in [2.75, 3.05) is 39.3 Å². The first-order chi connectivity index (χ1) is 13.9. The molecule has 3 amide bonds. The lowest BCUT2D eigenvalue weighted by molar-refractivity contribution is -0.136. The minimum atomic E-state index is -0.363. The van der Waals surface area contributed by atoms with Crippen LogP contribution in [0.25, 0.3) is 6.08 Å². The van der Waals surface area contributed by atoms with Gasteiger partial charge < -0.3 is 14.5 Å². The molecule has 9 heteroatoms. The van der Waals surface area contributed by atoms with Gasteiger partial charge in [0, 0.05) is 26.2 Å². The molecule has 29 heavy (non-hydrogen) atoms. The quantitative estimate of drug-likeness (QED) is 0.537. The van der Waals surface area contributed by atoms with E-state index in [1.807, 2.05) is 31.2 Å². The molecule has 0 saturated carbocycles. The zero-order chi connectivity index (χ0) is 21.0. The van der Waals surface area contributed by atoms with Gasteiger partial charge in [-0.1, -0.05) is 53.8 Å². The number of rotatable bonds is 4. The lowest BCUT2D eigenvalue weighted by Crippen LogP contribution is -2.53. The van der Waals surface area contributed by atoms with Crippen molar-refractivity contribution in [3.8, 4) is 0 Å². The molecular weight excluding hydrogens is 410 g/mol. The zero-order valence-corrected chi connectivity index (χ0v) is 18.1. The van der Waals surface area contributed by atoms with Gasteiger partial charge in [0.05, 0.1) is 11.5 Å². The van der Waals surface area contributed by atoms with Crippen LogP contribution < -0.4 is 0 Å². The lowest BCUT2D eigenvalue weighted by atomic mass is 10.1. The van der Waals surface area contributed by atoms with E-state index in [-0.39, 0.29) is 24.5 Å². The monoisotopic (exact) mass is 433 g/mol. The maximum atomic E-state index is 12.7. The van der Waals surface area contributed by atoms with Crippen LogP contribution in [0.2, 0.25) is 0 Å². The van der Waals surface area contributed by atoms with Crippen LogP contribution in [0.3, 0.4) is 0 Å². The molecule has 154 valence electrons. The number of aryl methyl sites for hydroxylation is 1. The summed E-state index contributed by atoms with van der Waals surface area (Å²) in [7, 11) is 0. The number of thioether (sulfide) groups is 1. The minimum Gasteiger partial charge on any atom is -0.450 e. The smallest absolute Gasteiger partial charge is 0.409 e. The number of carbonyl (C=O) groups excluding carboxylic acids is 3. The van der Waals surface area contributed by atoms with E-state index in [0.29, 0.717) is 42.0 Å². The first-order valence-electron chi connectivity index (χ1n) is 9.40. The summed E-state index contributed by atoms with van der Waals surface area (Å²) in [6, 6.07) is 7.84. The molecule has 7 nitrogen and oxygen atoms in total. The third-order valence-corrected chi connectivity index (χ3v) is 6.08. The molecule has 0 atom stereocenters. The topological polar surface area (TPSA) is 70.2 Å². The Kier molecular flexibility index (Phi) is 6.92. The summed E-state index contributed by atoms with van der Waals surface area (Å²) in [5, 5.41) is 0. The number of nitrogens with zero attached hydrogens (tertiary/aromatic N) is 3. The van der Waals surface area contributed by atoms with E-state index in [1.54, 1.807) is 22.8 Å². The molecule has 0 spiro atoms. The molecule has 0 radical (unpaired) electrons. The maximum absolute atomic E-state index is 12.7. The molecule has 0 bridgehead atoms. The molecule has 0 aromatic heterocycles. The summed E-state index contributed by atoms with van der Waals surface area (Å²) < 4.78 is 5.37. The molecule has 0 unspecified atom stereocenters. The van der Waals surface area contributed by atoms with Gasteiger partial charge in [-0.3, -0.25) is 14.5 Å². The van der Waals surface area contributed by atoms with Crippen LogP contribution in [0.1, 0.15) is 18.1 Å². The van der Waals surface area contributed by atoms with Crippen molar-refractivity contribution in [1.29, 1.82) is 0 Å². The molecule has 0 N–H and O–H groups in total. The summed E-state index contributed by atoms with van der Waals surface area (Å²) in [6.45, 7) is 5.64. The summed E-state index contributed by atoms with van der Waals surface area (Å²) >= 11 is 6.53. The van der Waals surface area contributed by atoms with Crippen molar-refractivity contribution in [1.82, 2.24) is 14.7 Å². The van der Waals surface area contributed by atoms with Crippen molar-refractivity contribution >= 4 is 52.3 Å². The van der Waals surface area contributed by atoms with Crippen LogP contribution in [-0.4, -0.2) is 76.3 Å². The lowest BCUT2D eigenvalue weighted by Gasteiger charge is -2.34. The molecule has 1 aromatic carbocycles. The third-order valence-electron chi connectivity index (χ3n) is 4.70. The summed E-state index contributed by atoms with van der Waals surface area (Å²) in [4.78, 5) is 42.2. The van der Waals surface area contributed by atoms with Crippen LogP contribution in [0.5, 0.6) is 0 Å². The highest BCUT2D eigenvalue weighted by Crippen LogP contribution is 2.32. The molecular formula is C20H23N3O4S2. The van der Waals surface area contributed by atoms with Crippen LogP contribution >= 0.6 is 24.0 Å². The van der Waals surface area contributed by atoms with Gasteiger partial charge >= 0.3 is 6.09 Å². The van der Waals surface area contributed by atoms with Crippen molar-refractivity contribution < 1.29 is 19.1 Å². The average molecular weight is 434 g/mol. The SMILES string of the molecule is CCOC(=O)N1CCN(C(=O)CN2C(=O)C(=Cc3ccc(C)cc3)SC2=S)CC1. The number of ether oxygens (including phenoxy) is 1. The molecule has 2 saturated heterocycles. The van der Waals surface area contributed by atoms with Gasteiger partial charge in [-0.2, -0.15) is 0 Å². The van der Waals surface area contributed by atoms with E-state index in [4.69, 9.17) is 17.0 Å². The number of hydrogen-bond acceptors (Lipinski definition) is 6. The third kappa shape index (κ3) is 5.16. The average Bonchev–Trinajstić information content (AvgIpc) is 2.97. The standard InChI is InChI=1S/C20H23N3O4S2/c1-3-27-19(26)22-10-8-21(9-11-22)17(24)13-23-18(25)16(29-20(23)28)12-15-6-4-14(2)5-7-15/h4-7,12H,3,8-11,13H2,1-2H3. The maximum Gasteiger partial charge on any atom is 0.409 e. The highest BCUT2D eigenvalue weighted by atomic mass is 32.2. The van der Waals surface area contributed by atoms with Crippen LogP contribution in [0.15, 0.2) is 29.2 Å². The fraction of sp³-hybridized carbons (Fsp3) is 0.400. The van der Waals surface area contributed by atoms with Gasteiger partial charge in [0.25, 0.3) is 5.91 Å². The van der Waals surface area contributed by atoms with Crippen molar-refractivity contribution in [2.24, 2.45) is 0 Å². The fourth-order valence-corrected chi connectivity index (χ4v) is 4.29. The van der Waals surface area contributed by atoms with E-state index in [1.165, 1.54) is 16.7 Å². The van der Waals surface area contributed by atoms with E-state index >= 15 is 0 Å². The van der Waals surface area contributed by atoms with Gasteiger partial charge in [0.1, 0.15) is 10.9 Å². The zero-order valence-electron chi connectivity index (χ0n) is 16.4. The number of amides is 3. The van der Waals surface area contributed by atoms with Crippen molar-refractivity contribution in [3.05, 3.63) is 40.3 Å². The number of benzene rings is 1. The Labute approximate surface area is 179 Å². The van der Waals surface area contributed by atoms with Gasteiger partial charge in [0.2, 0.25) is 5.91 Å². The summed E-state index contributed by atoms with van der Waals surface area (Å²) in [5.41, 5.74) is 2.06. The van der Waals surface area contributed by atoms with Gasteiger partial charge in [-0.05, 0) is 25.5 Å². The molecule has 2 heterocycles. The van der Waals surface area contributed by atoms with Gasteiger partial charge in [-0.25, -0.2) is 4.79 Å². The largest absolute Gasteiger partial charge is 0.450 e. The van der Waals surface area contributed by atoms with E-state index in [0.717, 1.165) is 11.1 Å². The molecule has 2 aliphatic heterocycles. The first kappa shape index (κ1) is 21.3. The molecule has 2 fully saturated rings. The first-order valence-corrected chi connectivity index (χ1v) is 10.6. The van der Waals surface area contributed by atoms with E-state index in [2.05, 4.69) is 0 Å². The molecule has 2 aliphatic rings. The predicted octanol–water partition coefficient (Wildman–Crippen LogP) is 2.50. The Bertz CT molecular complexity index is 846. The van der Waals surface area contributed by atoms with Crippen LogP contribution in [-0.2, 0) is 14.3 Å². The minimum absolute atomic E-state index is 0.0880. The highest BCUT2D eigenvalue weighted by Gasteiger charge is 2.35. The second-order valence-electron chi connectivity index (χ2n) is 6.75.